The van der Waals surface area contributed by atoms with Crippen molar-refractivity contribution in [2.75, 3.05) is 19.6 Å². The number of hydrogen-bond donors (Lipinski definition) is 0. The lowest BCUT2D eigenvalue weighted by atomic mass is 10.1. The highest BCUT2D eigenvalue weighted by atomic mass is 35.5. The summed E-state index contributed by atoms with van der Waals surface area (Å²) in [6.07, 6.45) is -1.14. The van der Waals surface area contributed by atoms with E-state index >= 15 is 0 Å². The first-order valence-electron chi connectivity index (χ1n) is 8.54. The molecule has 2 atom stereocenters. The van der Waals surface area contributed by atoms with Crippen molar-refractivity contribution in [3.63, 3.8) is 0 Å². The summed E-state index contributed by atoms with van der Waals surface area (Å²) in [6, 6.07) is 6.94. The zero-order valence-corrected chi connectivity index (χ0v) is 15.3. The highest BCUT2D eigenvalue weighted by molar-refractivity contribution is 6.30. The van der Waals surface area contributed by atoms with Gasteiger partial charge in [0, 0.05) is 37.1 Å². The van der Waals surface area contributed by atoms with Gasteiger partial charge in [0.25, 0.3) is 0 Å². The van der Waals surface area contributed by atoms with Gasteiger partial charge >= 0.3 is 6.09 Å². The number of piperazine rings is 1. The van der Waals surface area contributed by atoms with E-state index in [4.69, 9.17) is 16.3 Å². The molecule has 0 aliphatic carbocycles. The summed E-state index contributed by atoms with van der Waals surface area (Å²) in [5.41, 5.74) is 0.892. The van der Waals surface area contributed by atoms with Crippen LogP contribution < -0.4 is 0 Å². The molecule has 7 heteroatoms. The van der Waals surface area contributed by atoms with Crippen molar-refractivity contribution >= 4 is 23.6 Å². The Morgan fingerprint density at radius 3 is 2.60 bits per heavy atom. The fraction of sp³-hybridized carbons (Fsp3) is 0.556. The predicted molar refractivity (Wildman–Crippen MR) is 94.2 cm³/mol. The number of carbonyl (C=O) groups excluding carboxylic acids is 2. The topological polar surface area (TPSA) is 49.9 Å². The monoisotopic (exact) mass is 370 g/mol. The van der Waals surface area contributed by atoms with Crippen LogP contribution in [-0.4, -0.2) is 53.8 Å². The van der Waals surface area contributed by atoms with Gasteiger partial charge in [-0.15, -0.1) is 0 Å². The second-order valence-electron chi connectivity index (χ2n) is 6.27. The van der Waals surface area contributed by atoms with Gasteiger partial charge in [-0.1, -0.05) is 30.7 Å². The molecule has 0 radical (unpaired) electrons. The summed E-state index contributed by atoms with van der Waals surface area (Å²) in [4.78, 5) is 27.7. The molecular formula is C18H24ClFN2O3. The van der Waals surface area contributed by atoms with Gasteiger partial charge in [-0.3, -0.25) is 4.79 Å². The molecule has 0 aromatic heterocycles. The highest BCUT2D eigenvalue weighted by Gasteiger charge is 2.31. The number of amides is 2. The SMILES string of the molecule is CCCC(F)OC(=O)N1CCN(C(=O)Cc2ccc(Cl)cc2)C[C@H]1C. The third-order valence-corrected chi connectivity index (χ3v) is 4.48. The van der Waals surface area contributed by atoms with Crippen LogP contribution >= 0.6 is 11.6 Å². The maximum absolute atomic E-state index is 13.5. The maximum atomic E-state index is 13.5. The molecule has 0 bridgehead atoms. The maximum Gasteiger partial charge on any atom is 0.412 e. The van der Waals surface area contributed by atoms with Gasteiger partial charge in [-0.25, -0.2) is 9.18 Å². The molecule has 2 amide bonds. The number of benzene rings is 1. The standard InChI is InChI=1S/C18H24ClFN2O3/c1-3-4-16(20)25-18(24)22-10-9-21(12-13(22)2)17(23)11-14-5-7-15(19)8-6-14/h5-8,13,16H,3-4,9-12H2,1-2H3/t13-,16?/m1/s1. The second kappa shape index (κ2) is 9.04. The van der Waals surface area contributed by atoms with Crippen LogP contribution in [0.1, 0.15) is 32.3 Å². The lowest BCUT2D eigenvalue weighted by Crippen LogP contribution is -2.56. The first-order valence-corrected chi connectivity index (χ1v) is 8.92. The number of nitrogens with zero attached hydrogens (tertiary/aromatic N) is 2. The molecule has 25 heavy (non-hydrogen) atoms. The number of rotatable bonds is 5. The molecule has 1 aromatic rings. The average molecular weight is 371 g/mol. The van der Waals surface area contributed by atoms with E-state index in [2.05, 4.69) is 0 Å². The Hall–Kier alpha value is -1.82. The largest absolute Gasteiger partial charge is 0.415 e. The summed E-state index contributed by atoms with van der Waals surface area (Å²) in [5.74, 6) is -0.00320. The van der Waals surface area contributed by atoms with E-state index in [-0.39, 0.29) is 24.8 Å². The van der Waals surface area contributed by atoms with Crippen LogP contribution in [0.5, 0.6) is 0 Å². The Bertz CT molecular complexity index is 596. The Kier molecular flexibility index (Phi) is 7.05. The Labute approximate surface area is 152 Å². The minimum Gasteiger partial charge on any atom is -0.415 e. The molecule has 1 heterocycles. The first-order chi connectivity index (χ1) is 11.9. The van der Waals surface area contributed by atoms with Gasteiger partial charge in [0.05, 0.1) is 6.42 Å². The van der Waals surface area contributed by atoms with E-state index in [0.29, 0.717) is 31.1 Å². The van der Waals surface area contributed by atoms with Crippen molar-refractivity contribution in [3.05, 3.63) is 34.9 Å². The normalized spacial score (nSPS) is 18.8. The lowest BCUT2D eigenvalue weighted by Gasteiger charge is -2.39. The molecule has 2 rings (SSSR count). The number of alkyl halides is 1. The zero-order chi connectivity index (χ0) is 18.4. The van der Waals surface area contributed by atoms with Crippen LogP contribution in [0.3, 0.4) is 0 Å². The Balaban J connectivity index is 1.86. The third-order valence-electron chi connectivity index (χ3n) is 4.23. The number of halogens is 2. The first kappa shape index (κ1) is 19.5. The summed E-state index contributed by atoms with van der Waals surface area (Å²) in [5, 5.41) is 0.631. The molecule has 1 fully saturated rings. The molecule has 1 saturated heterocycles. The minimum absolute atomic E-state index is 0.00320. The van der Waals surface area contributed by atoms with Crippen molar-refractivity contribution in [1.29, 1.82) is 0 Å². The van der Waals surface area contributed by atoms with Gasteiger partial charge in [0.2, 0.25) is 12.3 Å². The Morgan fingerprint density at radius 2 is 2.00 bits per heavy atom. The van der Waals surface area contributed by atoms with E-state index in [1.807, 2.05) is 26.0 Å². The minimum atomic E-state index is -1.57. The molecular weight excluding hydrogens is 347 g/mol. The lowest BCUT2D eigenvalue weighted by molar-refractivity contribution is -0.133. The van der Waals surface area contributed by atoms with Crippen molar-refractivity contribution in [2.24, 2.45) is 0 Å². The van der Waals surface area contributed by atoms with Crippen LogP contribution in [-0.2, 0) is 16.0 Å². The van der Waals surface area contributed by atoms with Crippen molar-refractivity contribution < 1.29 is 18.7 Å². The molecule has 0 N–H and O–H groups in total. The highest BCUT2D eigenvalue weighted by Crippen LogP contribution is 2.16. The fourth-order valence-corrected chi connectivity index (χ4v) is 2.93. The Morgan fingerprint density at radius 1 is 1.32 bits per heavy atom. The number of ether oxygens (including phenoxy) is 1. The molecule has 0 saturated carbocycles. The smallest absolute Gasteiger partial charge is 0.412 e. The average Bonchev–Trinajstić information content (AvgIpc) is 2.56. The van der Waals surface area contributed by atoms with E-state index < -0.39 is 12.5 Å². The van der Waals surface area contributed by atoms with Crippen LogP contribution in [0.2, 0.25) is 5.02 Å². The fourth-order valence-electron chi connectivity index (χ4n) is 2.81. The van der Waals surface area contributed by atoms with Crippen LogP contribution in [0.25, 0.3) is 0 Å². The van der Waals surface area contributed by atoms with E-state index in [1.54, 1.807) is 17.0 Å². The van der Waals surface area contributed by atoms with Gasteiger partial charge < -0.3 is 14.5 Å². The third kappa shape index (κ3) is 5.59. The summed E-state index contributed by atoms with van der Waals surface area (Å²) in [7, 11) is 0. The van der Waals surface area contributed by atoms with Crippen LogP contribution in [0.15, 0.2) is 24.3 Å². The van der Waals surface area contributed by atoms with Crippen molar-refractivity contribution in [1.82, 2.24) is 9.80 Å². The van der Waals surface area contributed by atoms with Gasteiger partial charge in [-0.05, 0) is 31.0 Å². The van der Waals surface area contributed by atoms with Gasteiger partial charge in [0.15, 0.2) is 0 Å². The van der Waals surface area contributed by atoms with Crippen LogP contribution in [0, 0.1) is 0 Å². The van der Waals surface area contributed by atoms with Gasteiger partial charge in [-0.2, -0.15) is 0 Å². The molecule has 1 aliphatic rings. The quantitative estimate of drug-likeness (QED) is 0.795. The number of carbonyl (C=O) groups is 2. The van der Waals surface area contributed by atoms with E-state index in [9.17, 15) is 14.0 Å². The van der Waals surface area contributed by atoms with E-state index in [0.717, 1.165) is 5.56 Å². The van der Waals surface area contributed by atoms with E-state index in [1.165, 1.54) is 4.90 Å². The van der Waals surface area contributed by atoms with Crippen molar-refractivity contribution in [3.8, 4) is 0 Å². The van der Waals surface area contributed by atoms with Crippen LogP contribution in [0.4, 0.5) is 9.18 Å². The number of hydrogen-bond acceptors (Lipinski definition) is 3. The summed E-state index contributed by atoms with van der Waals surface area (Å²) >= 11 is 5.85. The molecule has 5 nitrogen and oxygen atoms in total. The molecule has 1 aliphatic heterocycles. The summed E-state index contributed by atoms with van der Waals surface area (Å²) in [6.45, 7) is 4.82. The summed E-state index contributed by atoms with van der Waals surface area (Å²) < 4.78 is 18.3. The van der Waals surface area contributed by atoms with Gasteiger partial charge in [0.1, 0.15) is 0 Å². The molecule has 1 unspecified atom stereocenters. The predicted octanol–water partition coefficient (Wildman–Crippen LogP) is 3.65. The molecule has 1 aromatic carbocycles. The molecule has 0 spiro atoms. The molecule has 138 valence electrons. The van der Waals surface area contributed by atoms with Crippen molar-refractivity contribution in [2.45, 2.75) is 45.5 Å². The second-order valence-corrected chi connectivity index (χ2v) is 6.70. The zero-order valence-electron chi connectivity index (χ0n) is 14.6.